The third kappa shape index (κ3) is 4.92. The van der Waals surface area contributed by atoms with Gasteiger partial charge in [0.1, 0.15) is 0 Å². The van der Waals surface area contributed by atoms with Crippen LogP contribution in [-0.2, 0) is 0 Å². The van der Waals surface area contributed by atoms with E-state index < -0.39 is 0 Å². The zero-order valence-electron chi connectivity index (χ0n) is 10.7. The monoisotopic (exact) mass is 308 g/mol. The van der Waals surface area contributed by atoms with Crippen molar-refractivity contribution in [2.24, 2.45) is 0 Å². The van der Waals surface area contributed by atoms with Crippen molar-refractivity contribution in [3.05, 3.63) is 40.4 Å². The summed E-state index contributed by atoms with van der Waals surface area (Å²) in [5.74, 6) is 0. The van der Waals surface area contributed by atoms with Gasteiger partial charge < -0.3 is 10.2 Å². The first-order valence-electron chi connectivity index (χ1n) is 6.70. The lowest BCUT2D eigenvalue weighted by atomic mass is 10.2. The Morgan fingerprint density at radius 3 is 2.83 bits per heavy atom. The van der Waals surface area contributed by atoms with Crippen molar-refractivity contribution in [3.63, 3.8) is 0 Å². The number of benzene rings is 1. The van der Waals surface area contributed by atoms with Crippen LogP contribution in [0.2, 0.25) is 0 Å². The van der Waals surface area contributed by atoms with Crippen LogP contribution >= 0.6 is 15.9 Å². The van der Waals surface area contributed by atoms with E-state index in [0.29, 0.717) is 0 Å². The standard InChI is InChI=1S/C15H21BrN2/c16-15-7-5-14(6-8-15)4-1-2-11-18-12-3-9-17-10-13-18/h1,4-8,17H,2-3,9-13H2/b4-1+. The van der Waals surface area contributed by atoms with Gasteiger partial charge in [0.05, 0.1) is 0 Å². The summed E-state index contributed by atoms with van der Waals surface area (Å²) in [6, 6.07) is 8.44. The molecule has 0 radical (unpaired) electrons. The summed E-state index contributed by atoms with van der Waals surface area (Å²) in [4.78, 5) is 2.55. The van der Waals surface area contributed by atoms with Gasteiger partial charge in [0.15, 0.2) is 0 Å². The maximum absolute atomic E-state index is 3.45. The van der Waals surface area contributed by atoms with E-state index in [2.05, 4.69) is 62.6 Å². The smallest absolute Gasteiger partial charge is 0.0175 e. The fraction of sp³-hybridized carbons (Fsp3) is 0.467. The Labute approximate surface area is 118 Å². The molecular weight excluding hydrogens is 288 g/mol. The summed E-state index contributed by atoms with van der Waals surface area (Å²) in [5.41, 5.74) is 1.27. The van der Waals surface area contributed by atoms with Crippen LogP contribution in [0.4, 0.5) is 0 Å². The molecule has 0 bridgehead atoms. The van der Waals surface area contributed by atoms with Crippen LogP contribution in [0.3, 0.4) is 0 Å². The van der Waals surface area contributed by atoms with Gasteiger partial charge in [0, 0.05) is 24.1 Å². The summed E-state index contributed by atoms with van der Waals surface area (Å²) in [6.45, 7) is 5.90. The lowest BCUT2D eigenvalue weighted by Gasteiger charge is -2.17. The molecule has 0 aliphatic carbocycles. The van der Waals surface area contributed by atoms with E-state index in [-0.39, 0.29) is 0 Å². The van der Waals surface area contributed by atoms with Crippen LogP contribution in [0.25, 0.3) is 6.08 Å². The van der Waals surface area contributed by atoms with Crippen LogP contribution in [-0.4, -0.2) is 37.6 Å². The van der Waals surface area contributed by atoms with E-state index in [1.54, 1.807) is 0 Å². The second-order valence-electron chi connectivity index (χ2n) is 4.69. The largest absolute Gasteiger partial charge is 0.315 e. The summed E-state index contributed by atoms with van der Waals surface area (Å²) in [6.07, 6.45) is 6.90. The molecule has 0 amide bonds. The minimum absolute atomic E-state index is 1.13. The highest BCUT2D eigenvalue weighted by molar-refractivity contribution is 9.10. The second-order valence-corrected chi connectivity index (χ2v) is 5.60. The molecule has 18 heavy (non-hydrogen) atoms. The molecule has 2 nitrogen and oxygen atoms in total. The average molecular weight is 309 g/mol. The third-order valence-corrected chi connectivity index (χ3v) is 3.75. The van der Waals surface area contributed by atoms with Crippen molar-refractivity contribution < 1.29 is 0 Å². The molecule has 0 atom stereocenters. The fourth-order valence-corrected chi connectivity index (χ4v) is 2.44. The highest BCUT2D eigenvalue weighted by atomic mass is 79.9. The fourth-order valence-electron chi connectivity index (χ4n) is 2.18. The van der Waals surface area contributed by atoms with Crippen molar-refractivity contribution in [3.8, 4) is 0 Å². The Morgan fingerprint density at radius 1 is 1.17 bits per heavy atom. The minimum Gasteiger partial charge on any atom is -0.315 e. The second kappa shape index (κ2) is 7.72. The molecule has 1 aromatic rings. The van der Waals surface area contributed by atoms with Crippen molar-refractivity contribution >= 4 is 22.0 Å². The number of nitrogens with one attached hydrogen (secondary N) is 1. The molecule has 1 saturated heterocycles. The van der Waals surface area contributed by atoms with E-state index in [1.165, 1.54) is 38.2 Å². The summed E-state index contributed by atoms with van der Waals surface area (Å²) < 4.78 is 1.14. The molecule has 1 aliphatic heterocycles. The van der Waals surface area contributed by atoms with Gasteiger partial charge in [-0.2, -0.15) is 0 Å². The van der Waals surface area contributed by atoms with Crippen LogP contribution < -0.4 is 5.32 Å². The summed E-state index contributed by atoms with van der Waals surface area (Å²) in [7, 11) is 0. The van der Waals surface area contributed by atoms with Gasteiger partial charge in [0.25, 0.3) is 0 Å². The van der Waals surface area contributed by atoms with Crippen molar-refractivity contribution in [2.75, 3.05) is 32.7 Å². The van der Waals surface area contributed by atoms with Gasteiger partial charge in [-0.25, -0.2) is 0 Å². The molecule has 0 aromatic heterocycles. The topological polar surface area (TPSA) is 15.3 Å². The van der Waals surface area contributed by atoms with E-state index in [4.69, 9.17) is 0 Å². The molecule has 1 aliphatic rings. The Bertz CT molecular complexity index is 365. The van der Waals surface area contributed by atoms with Crippen molar-refractivity contribution in [2.45, 2.75) is 12.8 Å². The first-order valence-corrected chi connectivity index (χ1v) is 7.49. The highest BCUT2D eigenvalue weighted by Gasteiger charge is 2.06. The van der Waals surface area contributed by atoms with Gasteiger partial charge in [-0.1, -0.05) is 40.2 Å². The average Bonchev–Trinajstić information content (AvgIpc) is 2.65. The zero-order chi connectivity index (χ0) is 12.6. The van der Waals surface area contributed by atoms with Crippen molar-refractivity contribution in [1.29, 1.82) is 0 Å². The predicted molar refractivity (Wildman–Crippen MR) is 81.7 cm³/mol. The molecular formula is C15H21BrN2. The summed E-state index contributed by atoms with van der Waals surface area (Å²) >= 11 is 3.45. The molecule has 1 fully saturated rings. The van der Waals surface area contributed by atoms with E-state index in [0.717, 1.165) is 17.4 Å². The van der Waals surface area contributed by atoms with E-state index in [9.17, 15) is 0 Å². The Balaban J connectivity index is 1.72. The van der Waals surface area contributed by atoms with E-state index >= 15 is 0 Å². The Hall–Kier alpha value is -0.640. The first-order chi connectivity index (χ1) is 8.84. The Kier molecular flexibility index (Phi) is 5.91. The first kappa shape index (κ1) is 13.8. The van der Waals surface area contributed by atoms with Gasteiger partial charge >= 0.3 is 0 Å². The lowest BCUT2D eigenvalue weighted by Crippen LogP contribution is -2.28. The van der Waals surface area contributed by atoms with Gasteiger partial charge in [0.2, 0.25) is 0 Å². The molecule has 0 saturated carbocycles. The molecule has 1 N–H and O–H groups in total. The molecule has 0 unspecified atom stereocenters. The maximum atomic E-state index is 3.45. The third-order valence-electron chi connectivity index (χ3n) is 3.23. The molecule has 2 rings (SSSR count). The van der Waals surface area contributed by atoms with Gasteiger partial charge in [-0.3, -0.25) is 0 Å². The van der Waals surface area contributed by atoms with E-state index in [1.807, 2.05) is 0 Å². The normalized spacial score (nSPS) is 18.1. The molecule has 1 aromatic carbocycles. The summed E-state index contributed by atoms with van der Waals surface area (Å²) in [5, 5.41) is 3.43. The number of hydrogen-bond acceptors (Lipinski definition) is 2. The SMILES string of the molecule is Brc1ccc(/C=C/CCN2CCCNCC2)cc1. The minimum atomic E-state index is 1.13. The number of halogens is 1. The number of nitrogens with zero attached hydrogens (tertiary/aromatic N) is 1. The van der Waals surface area contributed by atoms with Crippen molar-refractivity contribution in [1.82, 2.24) is 10.2 Å². The lowest BCUT2D eigenvalue weighted by molar-refractivity contribution is 0.298. The molecule has 3 heteroatoms. The molecule has 98 valence electrons. The maximum Gasteiger partial charge on any atom is 0.0175 e. The zero-order valence-corrected chi connectivity index (χ0v) is 12.3. The Morgan fingerprint density at radius 2 is 2.00 bits per heavy atom. The molecule has 0 spiro atoms. The quantitative estimate of drug-likeness (QED) is 0.919. The number of rotatable bonds is 4. The number of hydrogen-bond donors (Lipinski definition) is 1. The molecule has 1 heterocycles. The van der Waals surface area contributed by atoms with Gasteiger partial charge in [-0.15, -0.1) is 0 Å². The van der Waals surface area contributed by atoms with Crippen LogP contribution in [0.5, 0.6) is 0 Å². The predicted octanol–water partition coefficient (Wildman–Crippen LogP) is 3.15. The highest BCUT2D eigenvalue weighted by Crippen LogP contribution is 2.11. The van der Waals surface area contributed by atoms with Crippen LogP contribution in [0.1, 0.15) is 18.4 Å². The van der Waals surface area contributed by atoms with Crippen LogP contribution in [0.15, 0.2) is 34.8 Å². The van der Waals surface area contributed by atoms with Crippen LogP contribution in [0, 0.1) is 0 Å². The van der Waals surface area contributed by atoms with Gasteiger partial charge in [-0.05, 0) is 43.6 Å².